The van der Waals surface area contributed by atoms with Crippen LogP contribution in [-0.2, 0) is 7.05 Å². The summed E-state index contributed by atoms with van der Waals surface area (Å²) in [6.07, 6.45) is 2.80. The van der Waals surface area contributed by atoms with Crippen molar-refractivity contribution in [1.29, 1.82) is 0 Å². The molecule has 2 rings (SSSR count). The maximum atomic E-state index is 5.96. The van der Waals surface area contributed by atoms with Crippen LogP contribution in [0.4, 0.5) is 11.8 Å². The third-order valence-corrected chi connectivity index (χ3v) is 3.59. The largest absolute Gasteiger partial charge is 0.383 e. The Labute approximate surface area is 125 Å². The number of hydrogen-bond donors (Lipinski definition) is 2. The van der Waals surface area contributed by atoms with E-state index in [-0.39, 0.29) is 0 Å². The fourth-order valence-corrected chi connectivity index (χ4v) is 2.35. The lowest BCUT2D eigenvalue weighted by atomic mass is 10.0. The predicted octanol–water partition coefficient (Wildman–Crippen LogP) is 1.33. The van der Waals surface area contributed by atoms with Crippen LogP contribution in [0.25, 0.3) is 11.0 Å². The number of nitrogens with zero attached hydrogens (tertiary/aromatic N) is 5. The Morgan fingerprint density at radius 1 is 1.33 bits per heavy atom. The van der Waals surface area contributed by atoms with E-state index in [0.29, 0.717) is 23.7 Å². The smallest absolute Gasteiger partial charge is 0.226 e. The highest BCUT2D eigenvalue weighted by atomic mass is 15.3. The zero-order valence-corrected chi connectivity index (χ0v) is 13.5. The second-order valence-corrected chi connectivity index (χ2v) is 6.07. The van der Waals surface area contributed by atoms with Gasteiger partial charge in [0.05, 0.1) is 11.6 Å². The molecule has 3 N–H and O–H groups in total. The Bertz CT molecular complexity index is 603. The highest BCUT2D eigenvalue weighted by molar-refractivity contribution is 5.86. The Morgan fingerprint density at radius 2 is 2.05 bits per heavy atom. The lowest BCUT2D eigenvalue weighted by Crippen LogP contribution is -2.36. The van der Waals surface area contributed by atoms with Crippen molar-refractivity contribution in [1.82, 2.24) is 24.6 Å². The molecule has 1 atom stereocenters. The van der Waals surface area contributed by atoms with E-state index in [2.05, 4.69) is 53.2 Å². The Hall–Kier alpha value is -1.89. The Balaban J connectivity index is 2.13. The van der Waals surface area contributed by atoms with Gasteiger partial charge in [0.1, 0.15) is 5.82 Å². The molecule has 0 spiro atoms. The summed E-state index contributed by atoms with van der Waals surface area (Å²) in [5.74, 6) is 1.66. The summed E-state index contributed by atoms with van der Waals surface area (Å²) in [7, 11) is 6.03. The molecular weight excluding hydrogens is 266 g/mol. The van der Waals surface area contributed by atoms with Gasteiger partial charge in [-0.2, -0.15) is 15.1 Å². The third kappa shape index (κ3) is 3.60. The van der Waals surface area contributed by atoms with Gasteiger partial charge in [-0.3, -0.25) is 4.68 Å². The van der Waals surface area contributed by atoms with E-state index in [4.69, 9.17) is 5.73 Å². The molecule has 2 aromatic heterocycles. The molecule has 116 valence electrons. The first-order chi connectivity index (χ1) is 9.88. The summed E-state index contributed by atoms with van der Waals surface area (Å²) in [6.45, 7) is 5.24. The van der Waals surface area contributed by atoms with Crippen LogP contribution < -0.4 is 11.1 Å². The average molecular weight is 291 g/mol. The van der Waals surface area contributed by atoms with Crippen LogP contribution in [0.5, 0.6) is 0 Å². The summed E-state index contributed by atoms with van der Waals surface area (Å²) in [5.41, 5.74) is 6.71. The van der Waals surface area contributed by atoms with Crippen molar-refractivity contribution in [2.75, 3.05) is 31.7 Å². The van der Waals surface area contributed by atoms with Crippen molar-refractivity contribution in [2.45, 2.75) is 26.3 Å². The minimum atomic E-state index is 0.428. The number of nitrogens with one attached hydrogen (secondary N) is 1. The fraction of sp³-hybridized carbons (Fsp3) is 0.643. The predicted molar refractivity (Wildman–Crippen MR) is 86.1 cm³/mol. The van der Waals surface area contributed by atoms with Gasteiger partial charge in [-0.25, -0.2) is 0 Å². The molecule has 7 heteroatoms. The van der Waals surface area contributed by atoms with E-state index in [9.17, 15) is 0 Å². The van der Waals surface area contributed by atoms with Crippen LogP contribution in [0.15, 0.2) is 6.20 Å². The van der Waals surface area contributed by atoms with E-state index in [0.717, 1.165) is 24.0 Å². The summed E-state index contributed by atoms with van der Waals surface area (Å²) in [6, 6.07) is 0.428. The van der Waals surface area contributed by atoms with Crippen molar-refractivity contribution >= 4 is 22.8 Å². The third-order valence-electron chi connectivity index (χ3n) is 3.59. The second kappa shape index (κ2) is 6.26. The Morgan fingerprint density at radius 3 is 2.67 bits per heavy atom. The van der Waals surface area contributed by atoms with Gasteiger partial charge in [0.2, 0.25) is 5.95 Å². The number of nitrogen functional groups attached to an aromatic ring is 1. The normalized spacial score (nSPS) is 13.3. The molecule has 0 fully saturated rings. The molecule has 2 aromatic rings. The van der Waals surface area contributed by atoms with E-state index >= 15 is 0 Å². The van der Waals surface area contributed by atoms with Crippen molar-refractivity contribution in [3.8, 4) is 0 Å². The van der Waals surface area contributed by atoms with Gasteiger partial charge in [-0.15, -0.1) is 0 Å². The number of likely N-dealkylation sites (N-methyl/N-ethyl adjacent to an activating group) is 1. The fourth-order valence-electron chi connectivity index (χ4n) is 2.35. The van der Waals surface area contributed by atoms with Crippen LogP contribution in [-0.4, -0.2) is 51.3 Å². The van der Waals surface area contributed by atoms with E-state index in [1.54, 1.807) is 10.9 Å². The minimum absolute atomic E-state index is 0.428. The Kier molecular flexibility index (Phi) is 4.62. The SMILES string of the molecule is CC(C)CC(CNc1nc(N)c2cnn(C)c2n1)N(C)C. The van der Waals surface area contributed by atoms with Crippen LogP contribution >= 0.6 is 0 Å². The van der Waals surface area contributed by atoms with Crippen molar-refractivity contribution < 1.29 is 0 Å². The van der Waals surface area contributed by atoms with Crippen molar-refractivity contribution in [3.05, 3.63) is 6.20 Å². The maximum absolute atomic E-state index is 5.96. The molecule has 0 radical (unpaired) electrons. The minimum Gasteiger partial charge on any atom is -0.383 e. The first-order valence-electron chi connectivity index (χ1n) is 7.24. The number of fused-ring (bicyclic) bond motifs is 1. The number of aryl methyl sites for hydroxylation is 1. The highest BCUT2D eigenvalue weighted by Gasteiger charge is 2.15. The number of rotatable bonds is 6. The van der Waals surface area contributed by atoms with Gasteiger partial charge in [-0.05, 0) is 26.4 Å². The standard InChI is InChI=1S/C14H25N7/c1-9(2)6-10(20(3)4)7-16-14-18-12(15)11-8-17-21(5)13(11)19-14/h8-10H,6-7H2,1-5H3,(H3,15,16,18,19). The van der Waals surface area contributed by atoms with Crippen LogP contribution in [0.1, 0.15) is 20.3 Å². The van der Waals surface area contributed by atoms with E-state index < -0.39 is 0 Å². The number of nitrogens with two attached hydrogens (primary N) is 1. The monoisotopic (exact) mass is 291 g/mol. The zero-order chi connectivity index (χ0) is 15.6. The van der Waals surface area contributed by atoms with Crippen molar-refractivity contribution in [2.24, 2.45) is 13.0 Å². The first kappa shape index (κ1) is 15.5. The molecule has 2 heterocycles. The summed E-state index contributed by atoms with van der Waals surface area (Å²) < 4.78 is 1.70. The maximum Gasteiger partial charge on any atom is 0.226 e. The van der Waals surface area contributed by atoms with Crippen LogP contribution in [0.3, 0.4) is 0 Å². The van der Waals surface area contributed by atoms with Gasteiger partial charge >= 0.3 is 0 Å². The molecule has 0 bridgehead atoms. The lowest BCUT2D eigenvalue weighted by Gasteiger charge is -2.26. The number of aromatic nitrogens is 4. The highest BCUT2D eigenvalue weighted by Crippen LogP contribution is 2.18. The number of anilines is 2. The van der Waals surface area contributed by atoms with Gasteiger partial charge in [0.15, 0.2) is 5.65 Å². The molecule has 0 aliphatic rings. The molecule has 0 aromatic carbocycles. The first-order valence-corrected chi connectivity index (χ1v) is 7.24. The van der Waals surface area contributed by atoms with E-state index in [1.807, 2.05) is 7.05 Å². The van der Waals surface area contributed by atoms with Crippen LogP contribution in [0, 0.1) is 5.92 Å². The van der Waals surface area contributed by atoms with Gasteiger partial charge in [-0.1, -0.05) is 13.8 Å². The summed E-state index contributed by atoms with van der Waals surface area (Å²) in [5, 5.41) is 8.24. The van der Waals surface area contributed by atoms with Gasteiger partial charge in [0, 0.05) is 19.6 Å². The molecular formula is C14H25N7. The molecule has 0 aliphatic carbocycles. The average Bonchev–Trinajstić information content (AvgIpc) is 2.76. The van der Waals surface area contributed by atoms with Gasteiger partial charge in [0.25, 0.3) is 0 Å². The molecule has 7 nitrogen and oxygen atoms in total. The van der Waals surface area contributed by atoms with Crippen molar-refractivity contribution in [3.63, 3.8) is 0 Å². The molecule has 0 saturated heterocycles. The van der Waals surface area contributed by atoms with Crippen LogP contribution in [0.2, 0.25) is 0 Å². The summed E-state index contributed by atoms with van der Waals surface area (Å²) in [4.78, 5) is 11.0. The lowest BCUT2D eigenvalue weighted by molar-refractivity contribution is 0.265. The quantitative estimate of drug-likeness (QED) is 0.835. The molecule has 0 aliphatic heterocycles. The topological polar surface area (TPSA) is 84.9 Å². The number of hydrogen-bond acceptors (Lipinski definition) is 6. The van der Waals surface area contributed by atoms with E-state index in [1.165, 1.54) is 0 Å². The zero-order valence-electron chi connectivity index (χ0n) is 13.5. The molecule has 1 unspecified atom stereocenters. The molecule has 0 amide bonds. The summed E-state index contributed by atoms with van der Waals surface area (Å²) >= 11 is 0. The molecule has 0 saturated carbocycles. The van der Waals surface area contributed by atoms with Gasteiger partial charge < -0.3 is 16.0 Å². The second-order valence-electron chi connectivity index (χ2n) is 6.07. The molecule has 21 heavy (non-hydrogen) atoms.